The van der Waals surface area contributed by atoms with Crippen molar-refractivity contribution in [2.75, 3.05) is 17.2 Å². The number of ether oxygens (including phenoxy) is 1. The first-order valence-electron chi connectivity index (χ1n) is 8.64. The van der Waals surface area contributed by atoms with Crippen LogP contribution in [0.5, 0.6) is 5.75 Å². The third kappa shape index (κ3) is 5.92. The second-order valence-electron chi connectivity index (χ2n) is 6.45. The standard InChI is InChI=1S/C18H30N2O4S/c1-7-17(18(21)19-14(5)13(3)4)20(25(6,22)23)15-9-11-16(12-10-15)24-8-2/h9-14,17H,7-8H2,1-6H3,(H,19,21)/t14-,17-/m0/s1. The van der Waals surface area contributed by atoms with Gasteiger partial charge in [0.1, 0.15) is 11.8 Å². The quantitative estimate of drug-likeness (QED) is 0.725. The summed E-state index contributed by atoms with van der Waals surface area (Å²) in [6.45, 7) is 10.1. The molecule has 0 saturated carbocycles. The summed E-state index contributed by atoms with van der Waals surface area (Å²) in [7, 11) is -3.62. The maximum absolute atomic E-state index is 12.7. The second-order valence-corrected chi connectivity index (χ2v) is 8.31. The largest absolute Gasteiger partial charge is 0.494 e. The normalized spacial score (nSPS) is 14.0. The average molecular weight is 371 g/mol. The summed E-state index contributed by atoms with van der Waals surface area (Å²) in [5.74, 6) is 0.632. The number of rotatable bonds is 9. The average Bonchev–Trinajstić information content (AvgIpc) is 2.52. The number of nitrogens with one attached hydrogen (secondary N) is 1. The summed E-state index contributed by atoms with van der Waals surface area (Å²) in [4.78, 5) is 12.7. The van der Waals surface area contributed by atoms with Crippen LogP contribution in [0.3, 0.4) is 0 Å². The highest BCUT2D eigenvalue weighted by atomic mass is 32.2. The van der Waals surface area contributed by atoms with E-state index in [9.17, 15) is 13.2 Å². The summed E-state index contributed by atoms with van der Waals surface area (Å²) >= 11 is 0. The molecule has 0 aliphatic carbocycles. The molecule has 1 amide bonds. The monoisotopic (exact) mass is 370 g/mol. The molecule has 1 aromatic rings. The number of sulfonamides is 1. The molecule has 2 atom stereocenters. The van der Waals surface area contributed by atoms with Crippen molar-refractivity contribution in [2.45, 2.75) is 53.1 Å². The van der Waals surface area contributed by atoms with Gasteiger partial charge in [0, 0.05) is 6.04 Å². The third-order valence-electron chi connectivity index (χ3n) is 4.10. The van der Waals surface area contributed by atoms with Crippen molar-refractivity contribution in [3.8, 4) is 5.75 Å². The van der Waals surface area contributed by atoms with Crippen LogP contribution in [-0.2, 0) is 14.8 Å². The first kappa shape index (κ1) is 21.3. The van der Waals surface area contributed by atoms with Gasteiger partial charge in [-0.1, -0.05) is 20.8 Å². The van der Waals surface area contributed by atoms with Crippen molar-refractivity contribution in [3.63, 3.8) is 0 Å². The molecule has 7 heteroatoms. The van der Waals surface area contributed by atoms with E-state index >= 15 is 0 Å². The fourth-order valence-corrected chi connectivity index (χ4v) is 3.62. The Morgan fingerprint density at radius 2 is 1.72 bits per heavy atom. The van der Waals surface area contributed by atoms with Crippen molar-refractivity contribution >= 4 is 21.6 Å². The third-order valence-corrected chi connectivity index (χ3v) is 5.28. The molecular formula is C18H30N2O4S. The Bertz CT molecular complexity index is 656. The van der Waals surface area contributed by atoms with Gasteiger partial charge < -0.3 is 10.1 Å². The van der Waals surface area contributed by atoms with E-state index in [0.29, 0.717) is 24.5 Å². The van der Waals surface area contributed by atoms with Gasteiger partial charge in [-0.2, -0.15) is 0 Å². The lowest BCUT2D eigenvalue weighted by Gasteiger charge is -2.31. The van der Waals surface area contributed by atoms with Crippen LogP contribution < -0.4 is 14.4 Å². The Morgan fingerprint density at radius 1 is 1.16 bits per heavy atom. The van der Waals surface area contributed by atoms with Crippen LogP contribution in [-0.4, -0.2) is 39.3 Å². The van der Waals surface area contributed by atoms with Crippen LogP contribution >= 0.6 is 0 Å². The minimum atomic E-state index is -3.62. The van der Waals surface area contributed by atoms with E-state index < -0.39 is 16.1 Å². The van der Waals surface area contributed by atoms with E-state index in [0.717, 1.165) is 6.26 Å². The molecule has 25 heavy (non-hydrogen) atoms. The summed E-state index contributed by atoms with van der Waals surface area (Å²) in [5.41, 5.74) is 0.449. The van der Waals surface area contributed by atoms with E-state index in [1.54, 1.807) is 31.2 Å². The van der Waals surface area contributed by atoms with Crippen LogP contribution in [0.1, 0.15) is 41.0 Å². The molecule has 0 aromatic heterocycles. The Labute approximate surface area is 151 Å². The van der Waals surface area contributed by atoms with E-state index in [4.69, 9.17) is 4.74 Å². The minimum Gasteiger partial charge on any atom is -0.494 e. The van der Waals surface area contributed by atoms with Crippen LogP contribution in [0.15, 0.2) is 24.3 Å². The molecule has 1 N–H and O–H groups in total. The van der Waals surface area contributed by atoms with Crippen LogP contribution in [0.2, 0.25) is 0 Å². The summed E-state index contributed by atoms with van der Waals surface area (Å²) < 4.78 is 31.3. The molecule has 6 nitrogen and oxygen atoms in total. The van der Waals surface area contributed by atoms with Gasteiger partial charge in [0.25, 0.3) is 0 Å². The van der Waals surface area contributed by atoms with Gasteiger partial charge in [-0.3, -0.25) is 9.10 Å². The van der Waals surface area contributed by atoms with E-state index in [1.165, 1.54) is 4.31 Å². The zero-order valence-electron chi connectivity index (χ0n) is 15.9. The number of benzene rings is 1. The molecule has 0 spiro atoms. The van der Waals surface area contributed by atoms with E-state index in [2.05, 4.69) is 5.32 Å². The van der Waals surface area contributed by atoms with Crippen LogP contribution in [0, 0.1) is 5.92 Å². The van der Waals surface area contributed by atoms with Crippen molar-refractivity contribution in [2.24, 2.45) is 5.92 Å². The van der Waals surface area contributed by atoms with Crippen LogP contribution in [0.4, 0.5) is 5.69 Å². The maximum atomic E-state index is 12.7. The predicted molar refractivity (Wildman–Crippen MR) is 101 cm³/mol. The molecule has 0 saturated heterocycles. The minimum absolute atomic E-state index is 0.0386. The number of carbonyl (C=O) groups is 1. The first-order chi connectivity index (χ1) is 11.6. The fourth-order valence-electron chi connectivity index (χ4n) is 2.40. The smallest absolute Gasteiger partial charge is 0.244 e. The Balaban J connectivity index is 3.17. The topological polar surface area (TPSA) is 75.7 Å². The molecule has 1 rings (SSSR count). The number of anilines is 1. The molecule has 0 aliphatic rings. The van der Waals surface area contributed by atoms with E-state index in [1.807, 2.05) is 27.7 Å². The lowest BCUT2D eigenvalue weighted by molar-refractivity contribution is -0.123. The van der Waals surface area contributed by atoms with Gasteiger partial charge >= 0.3 is 0 Å². The highest BCUT2D eigenvalue weighted by Crippen LogP contribution is 2.25. The van der Waals surface area contributed by atoms with Gasteiger partial charge in [-0.05, 0) is 50.5 Å². The van der Waals surface area contributed by atoms with Gasteiger partial charge in [0.05, 0.1) is 18.6 Å². The molecule has 142 valence electrons. The number of hydrogen-bond donors (Lipinski definition) is 1. The molecular weight excluding hydrogens is 340 g/mol. The lowest BCUT2D eigenvalue weighted by Crippen LogP contribution is -2.51. The number of nitrogens with zero attached hydrogens (tertiary/aromatic N) is 1. The lowest BCUT2D eigenvalue weighted by atomic mass is 10.1. The van der Waals surface area contributed by atoms with Gasteiger partial charge in [0.2, 0.25) is 15.9 Å². The fraction of sp³-hybridized carbons (Fsp3) is 0.611. The second kappa shape index (κ2) is 9.08. The van der Waals surface area contributed by atoms with Gasteiger partial charge in [-0.15, -0.1) is 0 Å². The molecule has 0 unspecified atom stereocenters. The Kier molecular flexibility index (Phi) is 7.73. The number of hydrogen-bond acceptors (Lipinski definition) is 4. The van der Waals surface area contributed by atoms with Crippen molar-refractivity contribution < 1.29 is 17.9 Å². The molecule has 0 heterocycles. The zero-order valence-corrected chi connectivity index (χ0v) is 16.8. The Morgan fingerprint density at radius 3 is 2.12 bits per heavy atom. The van der Waals surface area contributed by atoms with Crippen molar-refractivity contribution in [1.82, 2.24) is 5.32 Å². The summed E-state index contributed by atoms with van der Waals surface area (Å²) in [6, 6.07) is 5.90. The SMILES string of the molecule is CCOc1ccc(N([C@@H](CC)C(=O)N[C@@H](C)C(C)C)S(C)(=O)=O)cc1. The summed E-state index contributed by atoms with van der Waals surface area (Å²) in [6.07, 6.45) is 1.49. The molecule has 1 aromatic carbocycles. The van der Waals surface area contributed by atoms with Crippen molar-refractivity contribution in [3.05, 3.63) is 24.3 Å². The van der Waals surface area contributed by atoms with Crippen LogP contribution in [0.25, 0.3) is 0 Å². The predicted octanol–water partition coefficient (Wildman–Crippen LogP) is 2.79. The Hall–Kier alpha value is -1.76. The number of amides is 1. The maximum Gasteiger partial charge on any atom is 0.244 e. The highest BCUT2D eigenvalue weighted by molar-refractivity contribution is 7.92. The molecule has 0 aliphatic heterocycles. The van der Waals surface area contributed by atoms with E-state index in [-0.39, 0.29) is 17.9 Å². The van der Waals surface area contributed by atoms with Gasteiger partial charge in [-0.25, -0.2) is 8.42 Å². The molecule has 0 bridgehead atoms. The van der Waals surface area contributed by atoms with Gasteiger partial charge in [0.15, 0.2) is 0 Å². The summed E-state index contributed by atoms with van der Waals surface area (Å²) in [5, 5.41) is 2.91. The number of carbonyl (C=O) groups excluding carboxylic acids is 1. The first-order valence-corrected chi connectivity index (χ1v) is 10.5. The molecule has 0 radical (unpaired) electrons. The highest BCUT2D eigenvalue weighted by Gasteiger charge is 2.32. The zero-order chi connectivity index (χ0) is 19.2. The molecule has 0 fully saturated rings. The van der Waals surface area contributed by atoms with Crippen molar-refractivity contribution in [1.29, 1.82) is 0 Å².